The summed E-state index contributed by atoms with van der Waals surface area (Å²) in [5.74, 6) is 1.34. The molecule has 1 aromatic rings. The largest absolute Gasteiger partial charge is 0.478 e. The first-order valence-electron chi connectivity index (χ1n) is 5.97. The summed E-state index contributed by atoms with van der Waals surface area (Å²) < 4.78 is 5.64. The molecule has 1 aliphatic rings. The van der Waals surface area contributed by atoms with Crippen LogP contribution in [0.3, 0.4) is 0 Å². The van der Waals surface area contributed by atoms with Crippen molar-refractivity contribution in [3.63, 3.8) is 0 Å². The van der Waals surface area contributed by atoms with Gasteiger partial charge in [-0.2, -0.15) is 0 Å². The summed E-state index contributed by atoms with van der Waals surface area (Å²) in [7, 11) is 0. The molecule has 0 bridgehead atoms. The third-order valence-electron chi connectivity index (χ3n) is 2.98. The molecular formula is C12H19ClN2O. The summed E-state index contributed by atoms with van der Waals surface area (Å²) in [6, 6.07) is 3.90. The van der Waals surface area contributed by atoms with Gasteiger partial charge in [0.2, 0.25) is 0 Å². The molecule has 90 valence electrons. The molecule has 1 N–H and O–H groups in total. The van der Waals surface area contributed by atoms with Crippen LogP contribution in [-0.2, 0) is 5.88 Å². The lowest BCUT2D eigenvalue weighted by Crippen LogP contribution is -2.33. The summed E-state index contributed by atoms with van der Waals surface area (Å²) in [6.45, 7) is 4.22. The van der Waals surface area contributed by atoms with Gasteiger partial charge in [-0.05, 0) is 38.1 Å². The van der Waals surface area contributed by atoms with Crippen molar-refractivity contribution in [2.45, 2.75) is 25.1 Å². The second-order valence-electron chi connectivity index (χ2n) is 4.23. The molecule has 1 aromatic heterocycles. The minimum atomic E-state index is 0.509. The molecule has 0 spiro atoms. The Hall–Kier alpha value is -0.670. The van der Waals surface area contributed by atoms with E-state index in [0.717, 1.165) is 24.7 Å². The fourth-order valence-corrected chi connectivity index (χ4v) is 2.20. The molecule has 0 amide bonds. The van der Waals surface area contributed by atoms with E-state index in [9.17, 15) is 0 Å². The van der Waals surface area contributed by atoms with E-state index in [4.69, 9.17) is 16.3 Å². The van der Waals surface area contributed by atoms with Crippen molar-refractivity contribution in [1.82, 2.24) is 9.88 Å². The second-order valence-corrected chi connectivity index (χ2v) is 4.50. The van der Waals surface area contributed by atoms with Crippen LogP contribution in [0.1, 0.15) is 25.0 Å². The van der Waals surface area contributed by atoms with Gasteiger partial charge in [0.25, 0.3) is 0 Å². The van der Waals surface area contributed by atoms with Gasteiger partial charge in [0.15, 0.2) is 5.88 Å². The molecule has 0 unspecified atom stereocenters. The molecule has 16 heavy (non-hydrogen) atoms. The first kappa shape index (κ1) is 11.8. The van der Waals surface area contributed by atoms with Gasteiger partial charge < -0.3 is 9.72 Å². The van der Waals surface area contributed by atoms with Gasteiger partial charge in [-0.1, -0.05) is 6.42 Å². The first-order chi connectivity index (χ1) is 7.88. The second kappa shape index (κ2) is 6.16. The van der Waals surface area contributed by atoms with E-state index in [1.807, 2.05) is 12.1 Å². The summed E-state index contributed by atoms with van der Waals surface area (Å²) in [5.41, 5.74) is 1.01. The van der Waals surface area contributed by atoms with E-state index < -0.39 is 0 Å². The molecule has 0 radical (unpaired) electrons. The standard InChI is InChI=1S/C12H19ClN2O/c13-10-11-4-5-12(14-11)16-9-8-15-6-2-1-3-7-15/h4-5,14H,1-3,6-10H2. The van der Waals surface area contributed by atoms with Gasteiger partial charge in [-0.15, -0.1) is 11.6 Å². The summed E-state index contributed by atoms with van der Waals surface area (Å²) in [6.07, 6.45) is 4.05. The Bertz CT molecular complexity index is 308. The number of hydrogen-bond acceptors (Lipinski definition) is 2. The van der Waals surface area contributed by atoms with Crippen molar-refractivity contribution in [3.8, 4) is 5.88 Å². The predicted molar refractivity (Wildman–Crippen MR) is 66.1 cm³/mol. The predicted octanol–water partition coefficient (Wildman–Crippen LogP) is 2.62. The average Bonchev–Trinajstić information content (AvgIpc) is 2.78. The fraction of sp³-hybridized carbons (Fsp3) is 0.667. The molecule has 4 heteroatoms. The van der Waals surface area contributed by atoms with Gasteiger partial charge in [-0.3, -0.25) is 4.90 Å². The summed E-state index contributed by atoms with van der Waals surface area (Å²) in [4.78, 5) is 5.60. The number of nitrogens with one attached hydrogen (secondary N) is 1. The van der Waals surface area contributed by atoms with Gasteiger partial charge >= 0.3 is 0 Å². The Morgan fingerprint density at radius 1 is 1.25 bits per heavy atom. The zero-order valence-electron chi connectivity index (χ0n) is 9.54. The maximum absolute atomic E-state index is 5.70. The molecular weight excluding hydrogens is 224 g/mol. The van der Waals surface area contributed by atoms with Crippen LogP contribution in [0, 0.1) is 0 Å². The zero-order valence-corrected chi connectivity index (χ0v) is 10.3. The molecule has 1 saturated heterocycles. The number of hydrogen-bond donors (Lipinski definition) is 1. The Labute approximate surface area is 102 Å². The molecule has 2 rings (SSSR count). The van der Waals surface area contributed by atoms with Crippen LogP contribution in [-0.4, -0.2) is 36.1 Å². The number of piperidine rings is 1. The number of ether oxygens (including phenoxy) is 1. The normalized spacial score (nSPS) is 17.6. The van der Waals surface area contributed by atoms with Gasteiger partial charge in [0.05, 0.1) is 5.88 Å². The van der Waals surface area contributed by atoms with Crippen LogP contribution >= 0.6 is 11.6 Å². The van der Waals surface area contributed by atoms with E-state index >= 15 is 0 Å². The Morgan fingerprint density at radius 2 is 2.06 bits per heavy atom. The first-order valence-corrected chi connectivity index (χ1v) is 6.51. The quantitative estimate of drug-likeness (QED) is 0.804. The number of rotatable bonds is 5. The molecule has 0 saturated carbocycles. The minimum absolute atomic E-state index is 0.509. The molecule has 0 aromatic carbocycles. The zero-order chi connectivity index (χ0) is 11.2. The third kappa shape index (κ3) is 3.42. The number of aromatic amines is 1. The van der Waals surface area contributed by atoms with E-state index in [1.165, 1.54) is 32.4 Å². The van der Waals surface area contributed by atoms with E-state index in [0.29, 0.717) is 5.88 Å². The van der Waals surface area contributed by atoms with Gasteiger partial charge in [0.1, 0.15) is 6.61 Å². The Balaban J connectivity index is 1.66. The molecule has 0 atom stereocenters. The van der Waals surface area contributed by atoms with Crippen molar-refractivity contribution in [2.24, 2.45) is 0 Å². The monoisotopic (exact) mass is 242 g/mol. The number of likely N-dealkylation sites (tertiary alicyclic amines) is 1. The maximum atomic E-state index is 5.70. The van der Waals surface area contributed by atoms with Crippen molar-refractivity contribution in [2.75, 3.05) is 26.2 Å². The molecule has 3 nitrogen and oxygen atoms in total. The lowest BCUT2D eigenvalue weighted by Gasteiger charge is -2.25. The Kier molecular flexibility index (Phi) is 4.55. The van der Waals surface area contributed by atoms with E-state index in [1.54, 1.807) is 0 Å². The number of halogens is 1. The highest BCUT2D eigenvalue weighted by Crippen LogP contribution is 2.12. The lowest BCUT2D eigenvalue weighted by atomic mass is 10.1. The number of H-pyrrole nitrogens is 1. The third-order valence-corrected chi connectivity index (χ3v) is 3.27. The highest BCUT2D eigenvalue weighted by atomic mass is 35.5. The summed E-state index contributed by atoms with van der Waals surface area (Å²) in [5, 5.41) is 0. The number of nitrogens with zero attached hydrogens (tertiary/aromatic N) is 1. The molecule has 1 fully saturated rings. The van der Waals surface area contributed by atoms with E-state index in [2.05, 4.69) is 9.88 Å². The maximum Gasteiger partial charge on any atom is 0.190 e. The minimum Gasteiger partial charge on any atom is -0.478 e. The summed E-state index contributed by atoms with van der Waals surface area (Å²) >= 11 is 5.70. The smallest absolute Gasteiger partial charge is 0.190 e. The van der Waals surface area contributed by atoms with Crippen molar-refractivity contribution < 1.29 is 4.74 Å². The van der Waals surface area contributed by atoms with Crippen molar-refractivity contribution >= 4 is 11.6 Å². The fourth-order valence-electron chi connectivity index (χ4n) is 2.05. The Morgan fingerprint density at radius 3 is 2.75 bits per heavy atom. The number of aromatic nitrogens is 1. The SMILES string of the molecule is ClCc1ccc(OCCN2CCCCC2)[nH]1. The van der Waals surface area contributed by atoms with Crippen LogP contribution in [0.2, 0.25) is 0 Å². The molecule has 2 heterocycles. The average molecular weight is 243 g/mol. The van der Waals surface area contributed by atoms with E-state index in [-0.39, 0.29) is 0 Å². The number of alkyl halides is 1. The van der Waals surface area contributed by atoms with Crippen LogP contribution in [0.15, 0.2) is 12.1 Å². The molecule has 0 aliphatic carbocycles. The van der Waals surface area contributed by atoms with Crippen LogP contribution < -0.4 is 4.74 Å². The lowest BCUT2D eigenvalue weighted by molar-refractivity contribution is 0.181. The van der Waals surface area contributed by atoms with Crippen LogP contribution in [0.25, 0.3) is 0 Å². The van der Waals surface area contributed by atoms with Gasteiger partial charge in [-0.25, -0.2) is 0 Å². The van der Waals surface area contributed by atoms with Crippen molar-refractivity contribution in [3.05, 3.63) is 17.8 Å². The van der Waals surface area contributed by atoms with Crippen LogP contribution in [0.5, 0.6) is 5.88 Å². The van der Waals surface area contributed by atoms with Crippen LogP contribution in [0.4, 0.5) is 0 Å². The van der Waals surface area contributed by atoms with Gasteiger partial charge in [0, 0.05) is 12.2 Å². The highest BCUT2D eigenvalue weighted by Gasteiger charge is 2.09. The topological polar surface area (TPSA) is 28.3 Å². The molecule has 1 aliphatic heterocycles. The van der Waals surface area contributed by atoms with Crippen molar-refractivity contribution in [1.29, 1.82) is 0 Å². The highest BCUT2D eigenvalue weighted by molar-refractivity contribution is 6.16.